The lowest BCUT2D eigenvalue weighted by molar-refractivity contribution is 0.122. The maximum absolute atomic E-state index is 5.69. The van der Waals surface area contributed by atoms with Crippen LogP contribution in [0, 0.1) is 6.92 Å². The summed E-state index contributed by atoms with van der Waals surface area (Å²) in [6, 6.07) is 0.487. The molecule has 0 aliphatic rings. The molecule has 2 aromatic rings. The van der Waals surface area contributed by atoms with Crippen molar-refractivity contribution in [2.45, 2.75) is 46.4 Å². The number of ether oxygens (including phenoxy) is 1. The molecule has 2 rings (SSSR count). The molecule has 1 N–H and O–H groups in total. The highest BCUT2D eigenvalue weighted by atomic mass is 32.1. The van der Waals surface area contributed by atoms with Crippen LogP contribution >= 0.6 is 22.7 Å². The molecule has 0 spiro atoms. The second-order valence-corrected chi connectivity index (χ2v) is 6.81. The minimum Gasteiger partial charge on any atom is -0.375 e. The predicted octanol–water partition coefficient (Wildman–Crippen LogP) is 3.17. The molecule has 0 bridgehead atoms. The van der Waals surface area contributed by atoms with Crippen LogP contribution in [0.4, 0.5) is 0 Å². The number of aryl methyl sites for hydroxylation is 1. The first-order valence-corrected chi connectivity index (χ1v) is 8.54. The number of thiazole rings is 2. The molecular weight excluding hydrogens is 290 g/mol. The van der Waals surface area contributed by atoms with Crippen molar-refractivity contribution in [1.82, 2.24) is 15.3 Å². The van der Waals surface area contributed by atoms with E-state index in [1.807, 2.05) is 12.4 Å². The predicted molar refractivity (Wildman–Crippen MR) is 84.3 cm³/mol. The van der Waals surface area contributed by atoms with Crippen LogP contribution in [0.25, 0.3) is 0 Å². The van der Waals surface area contributed by atoms with Gasteiger partial charge in [-0.3, -0.25) is 0 Å². The van der Waals surface area contributed by atoms with Crippen LogP contribution in [0.1, 0.15) is 35.1 Å². The lowest BCUT2D eigenvalue weighted by Gasteiger charge is -2.04. The molecule has 0 radical (unpaired) electrons. The van der Waals surface area contributed by atoms with Gasteiger partial charge in [-0.1, -0.05) is 13.8 Å². The van der Waals surface area contributed by atoms with Crippen molar-refractivity contribution < 1.29 is 4.74 Å². The first-order chi connectivity index (χ1) is 9.65. The molecule has 4 nitrogen and oxygen atoms in total. The number of rotatable bonds is 8. The quantitative estimate of drug-likeness (QED) is 0.761. The van der Waals surface area contributed by atoms with Crippen LogP contribution in [0.15, 0.2) is 10.9 Å². The van der Waals surface area contributed by atoms with Gasteiger partial charge < -0.3 is 10.1 Å². The van der Waals surface area contributed by atoms with Gasteiger partial charge in [-0.05, 0) is 6.92 Å². The summed E-state index contributed by atoms with van der Waals surface area (Å²) in [6.07, 6.45) is 0.933. The number of hydrogen-bond acceptors (Lipinski definition) is 6. The third-order valence-electron chi connectivity index (χ3n) is 2.83. The average Bonchev–Trinajstić information content (AvgIpc) is 3.02. The molecule has 0 amide bonds. The second-order valence-electron chi connectivity index (χ2n) is 4.93. The van der Waals surface area contributed by atoms with E-state index < -0.39 is 0 Å². The Morgan fingerprint density at radius 2 is 2.20 bits per heavy atom. The number of nitrogens with zero attached hydrogens (tertiary/aromatic N) is 2. The molecule has 20 heavy (non-hydrogen) atoms. The van der Waals surface area contributed by atoms with Gasteiger partial charge in [-0.25, -0.2) is 9.97 Å². The third-order valence-corrected chi connectivity index (χ3v) is 4.72. The molecule has 0 saturated heterocycles. The highest BCUT2D eigenvalue weighted by molar-refractivity contribution is 7.09. The average molecular weight is 311 g/mol. The fourth-order valence-corrected chi connectivity index (χ4v) is 3.19. The van der Waals surface area contributed by atoms with E-state index in [1.165, 1.54) is 4.88 Å². The largest absolute Gasteiger partial charge is 0.375 e. The van der Waals surface area contributed by atoms with Gasteiger partial charge in [0.1, 0.15) is 5.01 Å². The van der Waals surface area contributed by atoms with Crippen molar-refractivity contribution in [2.75, 3.05) is 6.61 Å². The fourth-order valence-electron chi connectivity index (χ4n) is 1.70. The van der Waals surface area contributed by atoms with Crippen LogP contribution < -0.4 is 5.32 Å². The van der Waals surface area contributed by atoms with Crippen LogP contribution in [-0.4, -0.2) is 22.6 Å². The Hall–Kier alpha value is -0.820. The highest BCUT2D eigenvalue weighted by Crippen LogP contribution is 2.14. The van der Waals surface area contributed by atoms with Gasteiger partial charge in [0.25, 0.3) is 0 Å². The second kappa shape index (κ2) is 7.83. The third kappa shape index (κ3) is 4.94. The van der Waals surface area contributed by atoms with Crippen LogP contribution in [0.5, 0.6) is 0 Å². The van der Waals surface area contributed by atoms with E-state index in [0.717, 1.165) is 36.0 Å². The van der Waals surface area contributed by atoms with Gasteiger partial charge in [-0.15, -0.1) is 22.7 Å². The Kier molecular flexibility index (Phi) is 6.09. The van der Waals surface area contributed by atoms with Gasteiger partial charge in [0.15, 0.2) is 0 Å². The van der Waals surface area contributed by atoms with Crippen molar-refractivity contribution in [1.29, 1.82) is 0 Å². The van der Waals surface area contributed by atoms with Crippen molar-refractivity contribution in [3.63, 3.8) is 0 Å². The van der Waals surface area contributed by atoms with Gasteiger partial charge in [0, 0.05) is 29.3 Å². The number of nitrogens with one attached hydrogen (secondary N) is 1. The maximum atomic E-state index is 5.69. The normalized spacial score (nSPS) is 11.4. The van der Waals surface area contributed by atoms with Gasteiger partial charge in [0.2, 0.25) is 0 Å². The van der Waals surface area contributed by atoms with Crippen molar-refractivity contribution in [2.24, 2.45) is 0 Å². The summed E-state index contributed by atoms with van der Waals surface area (Å²) in [5.74, 6) is 0. The number of aromatic nitrogens is 2. The van der Waals surface area contributed by atoms with Crippen LogP contribution in [-0.2, 0) is 24.3 Å². The zero-order chi connectivity index (χ0) is 14.4. The van der Waals surface area contributed by atoms with Crippen LogP contribution in [0.3, 0.4) is 0 Å². The van der Waals surface area contributed by atoms with E-state index in [-0.39, 0.29) is 0 Å². The van der Waals surface area contributed by atoms with E-state index in [9.17, 15) is 0 Å². The summed E-state index contributed by atoms with van der Waals surface area (Å²) in [4.78, 5) is 10.1. The van der Waals surface area contributed by atoms with E-state index in [4.69, 9.17) is 4.74 Å². The molecule has 0 unspecified atom stereocenters. The summed E-state index contributed by atoms with van der Waals surface area (Å²) in [5, 5.41) is 6.57. The molecule has 0 aromatic carbocycles. The molecule has 0 saturated carbocycles. The molecule has 0 aliphatic heterocycles. The molecule has 0 aliphatic carbocycles. The van der Waals surface area contributed by atoms with Gasteiger partial charge in [-0.2, -0.15) is 0 Å². The van der Waals surface area contributed by atoms with Crippen molar-refractivity contribution >= 4 is 22.7 Å². The van der Waals surface area contributed by atoms with E-state index in [0.29, 0.717) is 12.6 Å². The summed E-state index contributed by atoms with van der Waals surface area (Å²) in [6.45, 7) is 8.47. The minimum atomic E-state index is 0.487. The van der Waals surface area contributed by atoms with Gasteiger partial charge in [0.05, 0.1) is 30.1 Å². The molecule has 6 heteroatoms. The summed E-state index contributed by atoms with van der Waals surface area (Å²) < 4.78 is 5.69. The SMILES string of the molecule is Cc1ncsc1CCOCc1csc(CNC(C)C)n1. The van der Waals surface area contributed by atoms with E-state index >= 15 is 0 Å². The Balaban J connectivity index is 1.68. The summed E-state index contributed by atoms with van der Waals surface area (Å²) in [7, 11) is 0. The monoisotopic (exact) mass is 311 g/mol. The standard InChI is InChI=1S/C14H21N3OS2/c1-10(2)15-6-14-17-12(8-19-14)7-18-5-4-13-11(3)16-9-20-13/h8-10,15H,4-7H2,1-3H3. The maximum Gasteiger partial charge on any atom is 0.107 e. The molecule has 0 atom stereocenters. The van der Waals surface area contributed by atoms with E-state index in [2.05, 4.69) is 34.5 Å². The van der Waals surface area contributed by atoms with Crippen LogP contribution in [0.2, 0.25) is 0 Å². The summed E-state index contributed by atoms with van der Waals surface area (Å²) >= 11 is 3.38. The minimum absolute atomic E-state index is 0.487. The van der Waals surface area contributed by atoms with Gasteiger partial charge >= 0.3 is 0 Å². The molecule has 0 fully saturated rings. The fraction of sp³-hybridized carbons (Fsp3) is 0.571. The van der Waals surface area contributed by atoms with Crippen molar-refractivity contribution in [3.05, 3.63) is 32.2 Å². The lowest BCUT2D eigenvalue weighted by Crippen LogP contribution is -2.21. The lowest BCUT2D eigenvalue weighted by atomic mass is 10.3. The zero-order valence-corrected chi connectivity index (χ0v) is 13.8. The van der Waals surface area contributed by atoms with Crippen molar-refractivity contribution in [3.8, 4) is 0 Å². The highest BCUT2D eigenvalue weighted by Gasteiger charge is 2.04. The molecular formula is C14H21N3OS2. The topological polar surface area (TPSA) is 47.0 Å². The number of hydrogen-bond donors (Lipinski definition) is 1. The first kappa shape index (κ1) is 15.6. The molecule has 110 valence electrons. The summed E-state index contributed by atoms with van der Waals surface area (Å²) in [5.41, 5.74) is 4.03. The Labute approximate surface area is 128 Å². The smallest absolute Gasteiger partial charge is 0.107 e. The first-order valence-electron chi connectivity index (χ1n) is 6.78. The Morgan fingerprint density at radius 1 is 1.35 bits per heavy atom. The Bertz CT molecular complexity index is 522. The van der Waals surface area contributed by atoms with E-state index in [1.54, 1.807) is 22.7 Å². The Morgan fingerprint density at radius 3 is 2.90 bits per heavy atom. The zero-order valence-electron chi connectivity index (χ0n) is 12.2. The molecule has 2 aromatic heterocycles. The molecule has 2 heterocycles.